The lowest BCUT2D eigenvalue weighted by Crippen LogP contribution is -2.14. The minimum absolute atomic E-state index is 0.116. The van der Waals surface area contributed by atoms with Crippen LogP contribution >= 0.6 is 34.4 Å². The summed E-state index contributed by atoms with van der Waals surface area (Å²) in [6.07, 6.45) is 4.30. The van der Waals surface area contributed by atoms with Gasteiger partial charge < -0.3 is 4.57 Å². The first-order chi connectivity index (χ1) is 13.5. The average Bonchev–Trinajstić information content (AvgIpc) is 3.38. The maximum atomic E-state index is 12.2. The Balaban J connectivity index is 1.42. The van der Waals surface area contributed by atoms with Gasteiger partial charge in [-0.15, -0.1) is 31.7 Å². The van der Waals surface area contributed by atoms with E-state index in [-0.39, 0.29) is 11.7 Å². The number of rotatable bonds is 6. The molecule has 0 fully saturated rings. The molecule has 1 amide bonds. The molecule has 148 valence electrons. The number of carbonyl (C=O) groups is 1. The van der Waals surface area contributed by atoms with Gasteiger partial charge in [-0.25, -0.2) is 0 Å². The molecule has 1 N–H and O–H groups in total. The van der Waals surface area contributed by atoms with Crippen LogP contribution in [0.15, 0.2) is 10.5 Å². The first-order valence-corrected chi connectivity index (χ1v) is 12.0. The number of amides is 1. The molecule has 3 aromatic heterocycles. The first-order valence-electron chi connectivity index (χ1n) is 9.29. The number of thioether (sulfide) groups is 1. The van der Waals surface area contributed by atoms with Gasteiger partial charge in [0.25, 0.3) is 0 Å². The number of hydrogen-bond acceptors (Lipinski definition) is 8. The molecule has 0 saturated heterocycles. The van der Waals surface area contributed by atoms with Crippen LogP contribution in [0.5, 0.6) is 0 Å². The largest absolute Gasteiger partial charge is 0.305 e. The Hall–Kier alpha value is -1.78. The maximum absolute atomic E-state index is 12.2. The van der Waals surface area contributed by atoms with E-state index in [1.165, 1.54) is 45.5 Å². The summed E-state index contributed by atoms with van der Waals surface area (Å²) < 4.78 is 1.98. The number of fused-ring (bicyclic) bond motifs is 1. The van der Waals surface area contributed by atoms with Crippen molar-refractivity contribution >= 4 is 45.5 Å². The van der Waals surface area contributed by atoms with Crippen LogP contribution in [0, 0.1) is 5.92 Å². The molecule has 1 aliphatic rings. The smallest absolute Gasteiger partial charge is 0.236 e. The zero-order valence-corrected chi connectivity index (χ0v) is 18.5. The van der Waals surface area contributed by atoms with Gasteiger partial charge >= 0.3 is 0 Å². The molecule has 0 aromatic carbocycles. The van der Waals surface area contributed by atoms with Crippen molar-refractivity contribution in [1.29, 1.82) is 0 Å². The van der Waals surface area contributed by atoms with E-state index in [0.717, 1.165) is 41.2 Å². The fourth-order valence-corrected chi connectivity index (χ4v) is 5.92. The number of aromatic nitrogens is 5. The van der Waals surface area contributed by atoms with Gasteiger partial charge in [-0.3, -0.25) is 10.1 Å². The Morgan fingerprint density at radius 3 is 3.00 bits per heavy atom. The van der Waals surface area contributed by atoms with E-state index >= 15 is 0 Å². The molecule has 0 bridgehead atoms. The van der Waals surface area contributed by atoms with E-state index < -0.39 is 0 Å². The molecule has 28 heavy (non-hydrogen) atoms. The van der Waals surface area contributed by atoms with Crippen molar-refractivity contribution in [1.82, 2.24) is 25.0 Å². The highest BCUT2D eigenvalue weighted by molar-refractivity contribution is 7.99. The van der Waals surface area contributed by atoms with Crippen molar-refractivity contribution in [3.05, 3.63) is 20.8 Å². The number of hydrogen-bond donors (Lipinski definition) is 1. The summed E-state index contributed by atoms with van der Waals surface area (Å²) in [7, 11) is 1.96. The van der Waals surface area contributed by atoms with Crippen LogP contribution in [-0.2, 0) is 31.1 Å². The summed E-state index contributed by atoms with van der Waals surface area (Å²) >= 11 is 4.61. The van der Waals surface area contributed by atoms with Crippen molar-refractivity contribution in [2.24, 2.45) is 13.0 Å². The molecule has 1 atom stereocenters. The Labute approximate surface area is 176 Å². The molecular formula is C18H22N6OS3. The van der Waals surface area contributed by atoms with Crippen LogP contribution in [0.4, 0.5) is 5.13 Å². The molecule has 7 nitrogen and oxygen atoms in total. The Kier molecular flexibility index (Phi) is 5.79. The third-order valence-corrected chi connectivity index (χ3v) is 7.88. The van der Waals surface area contributed by atoms with Gasteiger partial charge in [0.1, 0.15) is 5.01 Å². The SMILES string of the molecule is CCc1nnc(NC(=O)CSc2nnc(-c3csc4c3CCC(C)C4)n2C)s1. The minimum Gasteiger partial charge on any atom is -0.305 e. The Morgan fingerprint density at radius 2 is 2.21 bits per heavy atom. The maximum Gasteiger partial charge on any atom is 0.236 e. The Bertz CT molecular complexity index is 992. The Morgan fingerprint density at radius 1 is 1.36 bits per heavy atom. The van der Waals surface area contributed by atoms with E-state index in [2.05, 4.69) is 38.0 Å². The average molecular weight is 435 g/mol. The van der Waals surface area contributed by atoms with Crippen LogP contribution in [0.2, 0.25) is 0 Å². The van der Waals surface area contributed by atoms with Gasteiger partial charge in [0.2, 0.25) is 11.0 Å². The van der Waals surface area contributed by atoms with Crippen molar-refractivity contribution in [3.63, 3.8) is 0 Å². The number of carbonyl (C=O) groups excluding carboxylic acids is 1. The molecule has 1 unspecified atom stereocenters. The fraction of sp³-hybridized carbons (Fsp3) is 0.500. The van der Waals surface area contributed by atoms with Gasteiger partial charge in [-0.1, -0.05) is 36.9 Å². The summed E-state index contributed by atoms with van der Waals surface area (Å²) in [5.41, 5.74) is 2.62. The van der Waals surface area contributed by atoms with E-state index in [4.69, 9.17) is 0 Å². The standard InChI is InChI=1S/C18H22N6OS3/c1-4-15-20-22-17(28-15)19-14(25)9-27-18-23-21-16(24(18)3)12-8-26-13-7-10(2)5-6-11(12)13/h8,10H,4-7,9H2,1-3H3,(H,19,22,25). The van der Waals surface area contributed by atoms with E-state index in [1.54, 1.807) is 0 Å². The van der Waals surface area contributed by atoms with Gasteiger partial charge in [0.15, 0.2) is 11.0 Å². The highest BCUT2D eigenvalue weighted by Crippen LogP contribution is 2.38. The quantitative estimate of drug-likeness (QED) is 0.594. The van der Waals surface area contributed by atoms with Crippen LogP contribution in [-0.4, -0.2) is 36.6 Å². The predicted molar refractivity (Wildman–Crippen MR) is 114 cm³/mol. The molecule has 3 aromatic rings. The molecule has 3 heterocycles. The summed E-state index contributed by atoms with van der Waals surface area (Å²) in [5.74, 6) is 1.78. The fourth-order valence-electron chi connectivity index (χ4n) is 3.27. The highest BCUT2D eigenvalue weighted by Gasteiger charge is 2.23. The summed E-state index contributed by atoms with van der Waals surface area (Å²) in [4.78, 5) is 13.7. The van der Waals surface area contributed by atoms with Crippen LogP contribution in [0.3, 0.4) is 0 Å². The normalized spacial score (nSPS) is 16.2. The van der Waals surface area contributed by atoms with Crippen LogP contribution < -0.4 is 5.32 Å². The molecule has 1 aliphatic carbocycles. The second-order valence-corrected chi connectivity index (χ2v) is 9.92. The van der Waals surface area contributed by atoms with E-state index in [0.29, 0.717) is 5.13 Å². The van der Waals surface area contributed by atoms with Crippen LogP contribution in [0.1, 0.15) is 35.7 Å². The molecule has 0 radical (unpaired) electrons. The lowest BCUT2D eigenvalue weighted by atomic mass is 9.88. The van der Waals surface area contributed by atoms with E-state index in [9.17, 15) is 4.79 Å². The molecule has 0 aliphatic heterocycles. The van der Waals surface area contributed by atoms with Crippen molar-refractivity contribution in [2.75, 3.05) is 11.1 Å². The molecule has 0 spiro atoms. The third kappa shape index (κ3) is 3.99. The predicted octanol–water partition coefficient (Wildman–Crippen LogP) is 3.81. The molecule has 10 heteroatoms. The van der Waals surface area contributed by atoms with Crippen molar-refractivity contribution in [3.8, 4) is 11.4 Å². The van der Waals surface area contributed by atoms with E-state index in [1.807, 2.05) is 29.9 Å². The topological polar surface area (TPSA) is 85.6 Å². The van der Waals surface area contributed by atoms with Gasteiger partial charge in [-0.05, 0) is 37.2 Å². The number of nitrogens with one attached hydrogen (secondary N) is 1. The second kappa shape index (κ2) is 8.30. The highest BCUT2D eigenvalue weighted by atomic mass is 32.2. The lowest BCUT2D eigenvalue weighted by Gasteiger charge is -2.18. The third-order valence-electron chi connectivity index (χ3n) is 4.83. The zero-order chi connectivity index (χ0) is 19.7. The van der Waals surface area contributed by atoms with Gasteiger partial charge in [0.05, 0.1) is 5.75 Å². The van der Waals surface area contributed by atoms with Gasteiger partial charge in [-0.2, -0.15) is 0 Å². The second-order valence-electron chi connectivity index (χ2n) is 6.96. The molecule has 4 rings (SSSR count). The minimum atomic E-state index is -0.116. The molecular weight excluding hydrogens is 412 g/mol. The van der Waals surface area contributed by atoms with Crippen LogP contribution in [0.25, 0.3) is 11.4 Å². The summed E-state index contributed by atoms with van der Waals surface area (Å²) in [5, 5.41) is 23.9. The summed E-state index contributed by atoms with van der Waals surface area (Å²) in [6.45, 7) is 4.33. The van der Waals surface area contributed by atoms with Gasteiger partial charge in [0, 0.05) is 22.9 Å². The number of thiophene rings is 1. The monoisotopic (exact) mass is 434 g/mol. The summed E-state index contributed by atoms with van der Waals surface area (Å²) in [6, 6.07) is 0. The number of aryl methyl sites for hydroxylation is 1. The first kappa shape index (κ1) is 19.5. The van der Waals surface area contributed by atoms with Crippen molar-refractivity contribution in [2.45, 2.75) is 44.7 Å². The zero-order valence-electron chi connectivity index (χ0n) is 16.1. The lowest BCUT2D eigenvalue weighted by molar-refractivity contribution is -0.113. The molecule has 0 saturated carbocycles. The van der Waals surface area contributed by atoms with Crippen molar-refractivity contribution < 1.29 is 4.79 Å². The number of nitrogens with zero attached hydrogens (tertiary/aromatic N) is 5. The number of anilines is 1.